The van der Waals surface area contributed by atoms with Crippen molar-refractivity contribution in [2.45, 2.75) is 20.0 Å². The van der Waals surface area contributed by atoms with Gasteiger partial charge in [-0.05, 0) is 31.5 Å². The molecule has 0 aliphatic carbocycles. The first-order valence-electron chi connectivity index (χ1n) is 4.58. The molecular formula is C11H14FNO2. The number of nitrogens with two attached hydrogens (primary N) is 1. The van der Waals surface area contributed by atoms with E-state index in [0.717, 1.165) is 0 Å². The topological polar surface area (TPSA) is 63.3 Å². The number of carboxylic acids is 1. The van der Waals surface area contributed by atoms with E-state index >= 15 is 0 Å². The molecule has 0 spiro atoms. The quantitative estimate of drug-likeness (QED) is 0.754. The van der Waals surface area contributed by atoms with Gasteiger partial charge >= 0.3 is 5.97 Å². The minimum absolute atomic E-state index is 0.330. The van der Waals surface area contributed by atoms with Crippen LogP contribution < -0.4 is 5.73 Å². The van der Waals surface area contributed by atoms with Crippen molar-refractivity contribution in [2.75, 3.05) is 5.73 Å². The standard InChI is InChI=1S/C11H14FNO2/c1-11(2,10(14)15)9(12)7-3-5-8(13)6-4-7/h3-6,9H,13H2,1-2H3,(H,14,15). The molecule has 0 saturated heterocycles. The van der Waals surface area contributed by atoms with Crippen LogP contribution in [0.25, 0.3) is 0 Å². The van der Waals surface area contributed by atoms with Gasteiger partial charge in [0.25, 0.3) is 0 Å². The molecule has 1 rings (SSSR count). The van der Waals surface area contributed by atoms with Gasteiger partial charge in [0.05, 0.1) is 5.41 Å². The van der Waals surface area contributed by atoms with Crippen molar-refractivity contribution in [2.24, 2.45) is 5.41 Å². The zero-order valence-corrected chi connectivity index (χ0v) is 8.70. The molecule has 0 heterocycles. The van der Waals surface area contributed by atoms with Crippen molar-refractivity contribution in [1.29, 1.82) is 0 Å². The van der Waals surface area contributed by atoms with E-state index in [1.54, 1.807) is 12.1 Å². The maximum atomic E-state index is 13.9. The zero-order chi connectivity index (χ0) is 11.6. The Bertz CT molecular complexity index is 359. The van der Waals surface area contributed by atoms with Gasteiger partial charge in [-0.2, -0.15) is 0 Å². The number of carboxylic acid groups (broad SMARTS) is 1. The number of alkyl halides is 1. The Labute approximate surface area is 87.7 Å². The van der Waals surface area contributed by atoms with Crippen LogP contribution in [-0.4, -0.2) is 11.1 Å². The average molecular weight is 211 g/mol. The highest BCUT2D eigenvalue weighted by molar-refractivity contribution is 5.74. The van der Waals surface area contributed by atoms with Gasteiger partial charge in [-0.15, -0.1) is 0 Å². The third kappa shape index (κ3) is 2.26. The summed E-state index contributed by atoms with van der Waals surface area (Å²) in [5, 5.41) is 8.86. The molecule has 15 heavy (non-hydrogen) atoms. The minimum atomic E-state index is -1.55. The average Bonchev–Trinajstić information content (AvgIpc) is 2.17. The molecule has 0 aliphatic rings. The third-order valence-corrected chi connectivity index (χ3v) is 2.41. The van der Waals surface area contributed by atoms with Crippen molar-refractivity contribution < 1.29 is 14.3 Å². The van der Waals surface area contributed by atoms with Crippen LogP contribution in [0.1, 0.15) is 25.6 Å². The summed E-state index contributed by atoms with van der Waals surface area (Å²) in [6, 6.07) is 6.12. The van der Waals surface area contributed by atoms with E-state index in [0.29, 0.717) is 11.3 Å². The molecule has 0 radical (unpaired) electrons. The van der Waals surface area contributed by atoms with Gasteiger partial charge < -0.3 is 10.8 Å². The number of nitrogen functional groups attached to an aromatic ring is 1. The summed E-state index contributed by atoms with van der Waals surface area (Å²) in [7, 11) is 0. The second kappa shape index (κ2) is 3.88. The molecule has 0 amide bonds. The summed E-state index contributed by atoms with van der Waals surface area (Å²) in [5.41, 5.74) is 4.88. The Morgan fingerprint density at radius 3 is 2.27 bits per heavy atom. The zero-order valence-electron chi connectivity index (χ0n) is 8.70. The molecule has 3 nitrogen and oxygen atoms in total. The predicted molar refractivity (Wildman–Crippen MR) is 56.1 cm³/mol. The monoisotopic (exact) mass is 211 g/mol. The first kappa shape index (κ1) is 11.5. The molecule has 0 saturated carbocycles. The molecule has 0 fully saturated rings. The Hall–Kier alpha value is -1.58. The summed E-state index contributed by atoms with van der Waals surface area (Å²) in [6.45, 7) is 2.71. The summed E-state index contributed by atoms with van der Waals surface area (Å²) in [4.78, 5) is 10.8. The molecule has 82 valence electrons. The SMILES string of the molecule is CC(C)(C(=O)O)C(F)c1ccc(N)cc1. The highest BCUT2D eigenvalue weighted by atomic mass is 19.1. The summed E-state index contributed by atoms with van der Waals surface area (Å²) >= 11 is 0. The molecule has 1 unspecified atom stereocenters. The first-order valence-corrected chi connectivity index (χ1v) is 4.58. The van der Waals surface area contributed by atoms with Crippen molar-refractivity contribution >= 4 is 11.7 Å². The minimum Gasteiger partial charge on any atom is -0.481 e. The number of hydrogen-bond donors (Lipinski definition) is 2. The number of halogens is 1. The second-order valence-corrected chi connectivity index (χ2v) is 4.06. The van der Waals surface area contributed by atoms with E-state index in [9.17, 15) is 9.18 Å². The van der Waals surface area contributed by atoms with E-state index in [4.69, 9.17) is 10.8 Å². The molecule has 0 bridgehead atoms. The van der Waals surface area contributed by atoms with Gasteiger partial charge in [0.15, 0.2) is 0 Å². The number of aliphatic carboxylic acids is 1. The van der Waals surface area contributed by atoms with E-state index < -0.39 is 17.6 Å². The Balaban J connectivity index is 2.99. The van der Waals surface area contributed by atoms with Crippen LogP contribution in [0.2, 0.25) is 0 Å². The van der Waals surface area contributed by atoms with Crippen molar-refractivity contribution in [1.82, 2.24) is 0 Å². The molecule has 4 heteroatoms. The Morgan fingerprint density at radius 1 is 1.40 bits per heavy atom. The van der Waals surface area contributed by atoms with E-state index in [2.05, 4.69) is 0 Å². The van der Waals surface area contributed by atoms with Crippen LogP contribution in [0.3, 0.4) is 0 Å². The molecule has 1 aromatic carbocycles. The van der Waals surface area contributed by atoms with Crippen LogP contribution >= 0.6 is 0 Å². The fourth-order valence-corrected chi connectivity index (χ4v) is 1.19. The lowest BCUT2D eigenvalue weighted by atomic mass is 9.84. The van der Waals surface area contributed by atoms with Gasteiger partial charge in [-0.1, -0.05) is 12.1 Å². The van der Waals surface area contributed by atoms with E-state index in [1.807, 2.05) is 0 Å². The molecule has 0 aromatic heterocycles. The lowest BCUT2D eigenvalue weighted by Crippen LogP contribution is -2.29. The van der Waals surface area contributed by atoms with Crippen LogP contribution in [0.15, 0.2) is 24.3 Å². The number of hydrogen-bond acceptors (Lipinski definition) is 2. The van der Waals surface area contributed by atoms with Crippen molar-refractivity contribution in [3.63, 3.8) is 0 Å². The highest BCUT2D eigenvalue weighted by Gasteiger charge is 2.38. The normalized spacial score (nSPS) is 13.5. The lowest BCUT2D eigenvalue weighted by Gasteiger charge is -2.24. The van der Waals surface area contributed by atoms with Crippen LogP contribution in [0, 0.1) is 5.41 Å². The van der Waals surface area contributed by atoms with Crippen LogP contribution in [0.5, 0.6) is 0 Å². The number of carbonyl (C=O) groups is 1. The smallest absolute Gasteiger partial charge is 0.312 e. The van der Waals surface area contributed by atoms with Gasteiger partial charge in [-0.3, -0.25) is 4.79 Å². The summed E-state index contributed by atoms with van der Waals surface area (Å²) in [5.74, 6) is -1.16. The van der Waals surface area contributed by atoms with Crippen LogP contribution in [-0.2, 0) is 4.79 Å². The second-order valence-electron chi connectivity index (χ2n) is 4.06. The summed E-state index contributed by atoms with van der Waals surface area (Å²) in [6.07, 6.45) is -1.55. The van der Waals surface area contributed by atoms with Gasteiger partial charge in [0.2, 0.25) is 0 Å². The van der Waals surface area contributed by atoms with Gasteiger partial charge in [0, 0.05) is 5.69 Å². The van der Waals surface area contributed by atoms with Crippen molar-refractivity contribution in [3.05, 3.63) is 29.8 Å². The molecular weight excluding hydrogens is 197 g/mol. The molecule has 3 N–H and O–H groups in total. The maximum absolute atomic E-state index is 13.9. The lowest BCUT2D eigenvalue weighted by molar-refractivity contribution is -0.150. The van der Waals surface area contributed by atoms with E-state index in [1.165, 1.54) is 26.0 Å². The summed E-state index contributed by atoms with van der Waals surface area (Å²) < 4.78 is 13.9. The predicted octanol–water partition coefficient (Wildman–Crippen LogP) is 2.39. The fourth-order valence-electron chi connectivity index (χ4n) is 1.19. The molecule has 0 aliphatic heterocycles. The Morgan fingerprint density at radius 2 is 1.87 bits per heavy atom. The Kier molecular flexibility index (Phi) is 2.98. The largest absolute Gasteiger partial charge is 0.481 e. The molecule has 1 atom stereocenters. The number of anilines is 1. The van der Waals surface area contributed by atoms with E-state index in [-0.39, 0.29) is 0 Å². The van der Waals surface area contributed by atoms with Gasteiger partial charge in [-0.25, -0.2) is 4.39 Å². The first-order chi connectivity index (χ1) is 6.85. The fraction of sp³-hybridized carbons (Fsp3) is 0.364. The number of benzene rings is 1. The number of rotatable bonds is 3. The third-order valence-electron chi connectivity index (χ3n) is 2.41. The van der Waals surface area contributed by atoms with Crippen molar-refractivity contribution in [3.8, 4) is 0 Å². The maximum Gasteiger partial charge on any atom is 0.312 e. The molecule has 1 aromatic rings. The van der Waals surface area contributed by atoms with Gasteiger partial charge in [0.1, 0.15) is 6.17 Å². The highest BCUT2D eigenvalue weighted by Crippen LogP contribution is 2.37. The van der Waals surface area contributed by atoms with Crippen LogP contribution in [0.4, 0.5) is 10.1 Å².